The van der Waals surface area contributed by atoms with Gasteiger partial charge in [-0.05, 0) is 86.7 Å². The number of aromatic nitrogens is 2. The molecule has 3 aromatic carbocycles. The fraction of sp³-hybridized carbons (Fsp3) is 0.429. The Labute approximate surface area is 243 Å². The zero-order valence-corrected chi connectivity index (χ0v) is 24.1. The maximum Gasteiger partial charge on any atom is 0.253 e. The number of hydrogen-bond donors (Lipinski definition) is 1. The molecule has 0 saturated carbocycles. The lowest BCUT2D eigenvalue weighted by Crippen LogP contribution is -2.49. The Balaban J connectivity index is 1.07. The molecule has 2 bridgehead atoms. The molecule has 6 heteroatoms. The molecule has 3 saturated heterocycles. The molecule has 4 heterocycles. The van der Waals surface area contributed by atoms with E-state index in [9.17, 15) is 4.79 Å². The number of benzene rings is 3. The SMILES string of the molecule is CNc1nc2ccccc2n1C1CC2CCC(C1)N2CCC1(c2ccccc2)CCN(C(=O)c2ccccc2)CC1. The van der Waals surface area contributed by atoms with Gasteiger partial charge in [-0.3, -0.25) is 9.69 Å². The van der Waals surface area contributed by atoms with Crippen LogP contribution in [0, 0.1) is 0 Å². The Morgan fingerprint density at radius 1 is 0.854 bits per heavy atom. The van der Waals surface area contributed by atoms with Crippen LogP contribution < -0.4 is 5.32 Å². The third-order valence-corrected chi connectivity index (χ3v) is 10.3. The summed E-state index contributed by atoms with van der Waals surface area (Å²) in [4.78, 5) is 23.0. The molecule has 2 atom stereocenters. The number of nitrogens with one attached hydrogen (secondary N) is 1. The number of fused-ring (bicyclic) bond motifs is 3. The van der Waals surface area contributed by atoms with Crippen molar-refractivity contribution >= 4 is 22.9 Å². The maximum absolute atomic E-state index is 13.2. The molecule has 1 aromatic heterocycles. The summed E-state index contributed by atoms with van der Waals surface area (Å²) < 4.78 is 2.48. The van der Waals surface area contributed by atoms with Crippen molar-refractivity contribution in [2.45, 2.75) is 68.5 Å². The van der Waals surface area contributed by atoms with Gasteiger partial charge in [-0.2, -0.15) is 0 Å². The van der Waals surface area contributed by atoms with Crippen LogP contribution in [0.2, 0.25) is 0 Å². The molecule has 7 rings (SSSR count). The average molecular weight is 548 g/mol. The quantitative estimate of drug-likeness (QED) is 0.287. The summed E-state index contributed by atoms with van der Waals surface area (Å²) in [7, 11) is 1.99. The van der Waals surface area contributed by atoms with Crippen molar-refractivity contribution in [3.05, 3.63) is 96.1 Å². The van der Waals surface area contributed by atoms with E-state index in [1.807, 2.05) is 37.4 Å². The summed E-state index contributed by atoms with van der Waals surface area (Å²) in [6.07, 6.45) is 8.15. The molecule has 3 aliphatic heterocycles. The van der Waals surface area contributed by atoms with E-state index >= 15 is 0 Å². The highest BCUT2D eigenvalue weighted by Crippen LogP contribution is 2.45. The normalized spacial score (nSPS) is 24.0. The number of anilines is 1. The summed E-state index contributed by atoms with van der Waals surface area (Å²) in [5.41, 5.74) is 4.68. The second-order valence-corrected chi connectivity index (χ2v) is 12.3. The first kappa shape index (κ1) is 26.3. The number of likely N-dealkylation sites (tertiary alicyclic amines) is 1. The van der Waals surface area contributed by atoms with Crippen molar-refractivity contribution in [3.8, 4) is 0 Å². The van der Waals surface area contributed by atoms with E-state index in [2.05, 4.69) is 74.3 Å². The Morgan fingerprint density at radius 2 is 1.49 bits per heavy atom. The van der Waals surface area contributed by atoms with Gasteiger partial charge in [-0.25, -0.2) is 4.98 Å². The number of imidazole rings is 1. The Morgan fingerprint density at radius 3 is 2.17 bits per heavy atom. The minimum atomic E-state index is 0.116. The van der Waals surface area contributed by atoms with Gasteiger partial charge < -0.3 is 14.8 Å². The van der Waals surface area contributed by atoms with Crippen LogP contribution in [0.1, 0.15) is 66.9 Å². The van der Waals surface area contributed by atoms with E-state index in [4.69, 9.17) is 4.98 Å². The lowest BCUT2D eigenvalue weighted by atomic mass is 9.70. The number of hydrogen-bond acceptors (Lipinski definition) is 4. The third-order valence-electron chi connectivity index (χ3n) is 10.3. The van der Waals surface area contributed by atoms with Gasteiger partial charge in [0.15, 0.2) is 0 Å². The molecule has 212 valence electrons. The van der Waals surface area contributed by atoms with Gasteiger partial charge in [-0.15, -0.1) is 0 Å². The molecule has 2 unspecified atom stereocenters. The molecule has 1 N–H and O–H groups in total. The van der Waals surface area contributed by atoms with Gasteiger partial charge in [-0.1, -0.05) is 60.7 Å². The topological polar surface area (TPSA) is 53.4 Å². The van der Waals surface area contributed by atoms with Crippen molar-refractivity contribution < 1.29 is 4.79 Å². The molecule has 0 aliphatic carbocycles. The lowest BCUT2D eigenvalue weighted by molar-refractivity contribution is 0.0608. The monoisotopic (exact) mass is 547 g/mol. The molecule has 41 heavy (non-hydrogen) atoms. The van der Waals surface area contributed by atoms with Gasteiger partial charge >= 0.3 is 0 Å². The van der Waals surface area contributed by atoms with Crippen LogP contribution in [0.3, 0.4) is 0 Å². The molecule has 3 aliphatic rings. The first-order chi connectivity index (χ1) is 20.1. The van der Waals surface area contributed by atoms with Crippen molar-refractivity contribution in [1.29, 1.82) is 0 Å². The van der Waals surface area contributed by atoms with Gasteiger partial charge in [0.05, 0.1) is 11.0 Å². The van der Waals surface area contributed by atoms with Crippen LogP contribution in [0.15, 0.2) is 84.9 Å². The fourth-order valence-corrected chi connectivity index (χ4v) is 8.13. The van der Waals surface area contributed by atoms with Gasteiger partial charge in [0, 0.05) is 43.8 Å². The number of rotatable bonds is 7. The number of para-hydroxylation sites is 2. The molecule has 0 radical (unpaired) electrons. The minimum absolute atomic E-state index is 0.116. The van der Waals surface area contributed by atoms with Gasteiger partial charge in [0.1, 0.15) is 0 Å². The summed E-state index contributed by atoms with van der Waals surface area (Å²) in [6.45, 7) is 2.77. The van der Waals surface area contributed by atoms with Gasteiger partial charge in [0.2, 0.25) is 5.95 Å². The minimum Gasteiger partial charge on any atom is -0.359 e. The molecular formula is C35H41N5O. The van der Waals surface area contributed by atoms with Crippen LogP contribution in [-0.4, -0.2) is 64.0 Å². The smallest absolute Gasteiger partial charge is 0.253 e. The van der Waals surface area contributed by atoms with Crippen LogP contribution in [0.25, 0.3) is 11.0 Å². The van der Waals surface area contributed by atoms with E-state index in [0.29, 0.717) is 18.1 Å². The zero-order valence-electron chi connectivity index (χ0n) is 24.1. The van der Waals surface area contributed by atoms with Crippen molar-refractivity contribution in [2.75, 3.05) is 32.0 Å². The lowest BCUT2D eigenvalue weighted by Gasteiger charge is -2.45. The standard InChI is InChI=1S/C35H41N5O/c1-36-34-37-31-14-8-9-15-32(31)40(34)30-24-28-16-17-29(25-30)39(28)23-20-35(27-12-6-3-7-13-27)18-21-38(22-19-35)33(41)26-10-4-2-5-11-26/h2-15,28-30H,16-25H2,1H3,(H,36,37). The van der Waals surface area contributed by atoms with Crippen LogP contribution >= 0.6 is 0 Å². The predicted molar refractivity (Wildman–Crippen MR) is 165 cm³/mol. The number of amides is 1. The molecule has 4 aromatic rings. The Kier molecular flexibility index (Phi) is 7.03. The molecular weight excluding hydrogens is 506 g/mol. The first-order valence-corrected chi connectivity index (χ1v) is 15.5. The molecule has 1 amide bonds. The molecule has 6 nitrogen and oxygen atoms in total. The van der Waals surface area contributed by atoms with Crippen LogP contribution in [-0.2, 0) is 5.41 Å². The van der Waals surface area contributed by atoms with Crippen molar-refractivity contribution in [2.24, 2.45) is 0 Å². The highest BCUT2D eigenvalue weighted by atomic mass is 16.2. The van der Waals surface area contributed by atoms with Crippen LogP contribution in [0.5, 0.6) is 0 Å². The van der Waals surface area contributed by atoms with Crippen LogP contribution in [0.4, 0.5) is 5.95 Å². The van der Waals surface area contributed by atoms with Gasteiger partial charge in [0.25, 0.3) is 5.91 Å². The van der Waals surface area contributed by atoms with E-state index in [1.165, 1.54) is 36.8 Å². The zero-order chi connectivity index (χ0) is 27.8. The fourth-order valence-electron chi connectivity index (χ4n) is 8.13. The summed E-state index contributed by atoms with van der Waals surface area (Å²) >= 11 is 0. The molecule has 0 spiro atoms. The van der Waals surface area contributed by atoms with E-state index in [0.717, 1.165) is 55.9 Å². The van der Waals surface area contributed by atoms with Crippen molar-refractivity contribution in [1.82, 2.24) is 19.4 Å². The first-order valence-electron chi connectivity index (χ1n) is 15.5. The Bertz CT molecular complexity index is 1480. The Hall–Kier alpha value is -3.64. The highest BCUT2D eigenvalue weighted by molar-refractivity contribution is 5.94. The predicted octanol–water partition coefficient (Wildman–Crippen LogP) is 6.51. The second kappa shape index (κ2) is 11.0. The summed E-state index contributed by atoms with van der Waals surface area (Å²) in [5, 5.41) is 3.37. The second-order valence-electron chi connectivity index (χ2n) is 12.3. The number of carbonyl (C=O) groups is 1. The highest BCUT2D eigenvalue weighted by Gasteiger charge is 2.44. The maximum atomic E-state index is 13.2. The largest absolute Gasteiger partial charge is 0.359 e. The van der Waals surface area contributed by atoms with E-state index in [1.54, 1.807) is 0 Å². The third kappa shape index (κ3) is 4.82. The number of piperidine rings is 2. The number of nitrogens with zero attached hydrogens (tertiary/aromatic N) is 4. The van der Waals surface area contributed by atoms with E-state index in [-0.39, 0.29) is 11.3 Å². The average Bonchev–Trinajstić information content (AvgIpc) is 3.53. The van der Waals surface area contributed by atoms with E-state index < -0.39 is 0 Å². The summed E-state index contributed by atoms with van der Waals surface area (Å²) in [5.74, 6) is 1.16. The molecule has 3 fully saturated rings. The summed E-state index contributed by atoms with van der Waals surface area (Å²) in [6, 6.07) is 31.2. The number of carbonyl (C=O) groups excluding carboxylic acids is 1. The van der Waals surface area contributed by atoms with Crippen molar-refractivity contribution in [3.63, 3.8) is 0 Å².